The zero-order valence-corrected chi connectivity index (χ0v) is 37.9. The van der Waals surface area contributed by atoms with E-state index in [1.165, 1.54) is 38.2 Å². The Kier molecular flexibility index (Phi) is 9.35. The largest absolute Gasteiger partial charge is 0.436 e. The van der Waals surface area contributed by atoms with Crippen LogP contribution in [0.25, 0.3) is 140 Å². The van der Waals surface area contributed by atoms with E-state index in [2.05, 4.69) is 138 Å². The third-order valence-corrected chi connectivity index (χ3v) is 13.3. The van der Waals surface area contributed by atoms with Gasteiger partial charge in [-0.15, -0.1) is 0 Å². The van der Waals surface area contributed by atoms with Crippen LogP contribution >= 0.6 is 0 Å². The van der Waals surface area contributed by atoms with E-state index in [4.69, 9.17) is 33.8 Å². The van der Waals surface area contributed by atoms with E-state index in [1.54, 1.807) is 0 Å². The summed E-state index contributed by atoms with van der Waals surface area (Å²) in [5.41, 5.74) is 15.4. The predicted octanol–water partition coefficient (Wildman–Crippen LogP) is 16.1. The Labute approximate surface area is 406 Å². The summed E-state index contributed by atoms with van der Waals surface area (Å²) in [5.74, 6) is 2.77. The summed E-state index contributed by atoms with van der Waals surface area (Å²) in [6, 6.07) is 79.5. The second kappa shape index (κ2) is 16.5. The molecule has 4 heterocycles. The van der Waals surface area contributed by atoms with Crippen LogP contribution < -0.4 is 0 Å². The summed E-state index contributed by atoms with van der Waals surface area (Å²) < 4.78 is 14.6. The Hall–Kier alpha value is -9.79. The summed E-state index contributed by atoms with van der Waals surface area (Å²) in [6.45, 7) is 0. The number of nitrogens with zero attached hydrogens (tertiary/aromatic N) is 6. The third-order valence-electron chi connectivity index (χ3n) is 13.3. The summed E-state index contributed by atoms with van der Waals surface area (Å²) in [6.07, 6.45) is 0. The normalized spacial score (nSPS) is 11.7. The highest BCUT2D eigenvalue weighted by Crippen LogP contribution is 2.39. The van der Waals surface area contributed by atoms with Crippen LogP contribution in [0.3, 0.4) is 0 Å². The van der Waals surface area contributed by atoms with Crippen molar-refractivity contribution in [1.29, 1.82) is 0 Å². The molecule has 8 nitrogen and oxygen atoms in total. The van der Waals surface area contributed by atoms with E-state index < -0.39 is 0 Å². The van der Waals surface area contributed by atoms with Crippen molar-refractivity contribution >= 4 is 54.8 Å². The van der Waals surface area contributed by atoms with Crippen LogP contribution in [0, 0.1) is 0 Å². The molecule has 0 aliphatic carbocycles. The van der Waals surface area contributed by atoms with Gasteiger partial charge in [0.25, 0.3) is 0 Å². The molecule has 0 saturated carbocycles. The van der Waals surface area contributed by atoms with Crippen molar-refractivity contribution < 1.29 is 8.83 Å². The smallest absolute Gasteiger partial charge is 0.227 e. The monoisotopic (exact) mass is 910 g/mol. The molecule has 14 aromatic rings. The van der Waals surface area contributed by atoms with E-state index in [9.17, 15) is 0 Å². The molecule has 4 aromatic heterocycles. The minimum atomic E-state index is 0.547. The van der Waals surface area contributed by atoms with E-state index in [-0.39, 0.29) is 0 Å². The van der Waals surface area contributed by atoms with Crippen molar-refractivity contribution in [3.63, 3.8) is 0 Å². The SMILES string of the molecule is c1ccc(-c2ccc(-n3c4ccc(-c5ccc(-c6nc(-c7ccc(-c8nc9ccccc9o8)cc7)nc(-c7ccc(-c8nc9ccccc9o8)cc7)n6)cc5)cc4c4cc5ccccc5cc43)cc2)cc1. The molecule has 10 aromatic carbocycles. The number of hydrogen-bond acceptors (Lipinski definition) is 7. The quantitative estimate of drug-likeness (QED) is 0.150. The molecule has 0 bridgehead atoms. The van der Waals surface area contributed by atoms with Crippen LogP contribution in [0.4, 0.5) is 0 Å². The van der Waals surface area contributed by atoms with Crippen molar-refractivity contribution in [2.45, 2.75) is 0 Å². The van der Waals surface area contributed by atoms with Gasteiger partial charge in [0.1, 0.15) is 11.0 Å². The van der Waals surface area contributed by atoms with Crippen molar-refractivity contribution in [1.82, 2.24) is 29.5 Å². The molecule has 0 aliphatic rings. The fraction of sp³-hybridized carbons (Fsp3) is 0. The molecular formula is C63H38N6O2. The van der Waals surface area contributed by atoms with Gasteiger partial charge in [0, 0.05) is 44.3 Å². The van der Waals surface area contributed by atoms with Crippen LogP contribution in [-0.4, -0.2) is 29.5 Å². The zero-order valence-electron chi connectivity index (χ0n) is 37.9. The molecule has 0 saturated heterocycles. The van der Waals surface area contributed by atoms with E-state index >= 15 is 0 Å². The number of oxazole rings is 2. The molecule has 0 fully saturated rings. The van der Waals surface area contributed by atoms with E-state index in [0.717, 1.165) is 72.3 Å². The highest BCUT2D eigenvalue weighted by Gasteiger charge is 2.18. The first-order chi connectivity index (χ1) is 35.1. The Balaban J connectivity index is 0.836. The first-order valence-corrected chi connectivity index (χ1v) is 23.5. The molecule has 332 valence electrons. The topological polar surface area (TPSA) is 95.7 Å². The summed E-state index contributed by atoms with van der Waals surface area (Å²) in [4.78, 5) is 24.7. The maximum Gasteiger partial charge on any atom is 0.227 e. The average Bonchev–Trinajstić information content (AvgIpc) is 4.17. The number of fused-ring (bicyclic) bond motifs is 6. The van der Waals surface area contributed by atoms with Crippen LogP contribution in [0.2, 0.25) is 0 Å². The van der Waals surface area contributed by atoms with Crippen LogP contribution in [0.5, 0.6) is 0 Å². The highest BCUT2D eigenvalue weighted by molar-refractivity contribution is 6.14. The fourth-order valence-electron chi connectivity index (χ4n) is 9.69. The second-order valence-electron chi connectivity index (χ2n) is 17.7. The molecule has 71 heavy (non-hydrogen) atoms. The Morgan fingerprint density at radius 2 is 0.690 bits per heavy atom. The zero-order chi connectivity index (χ0) is 46.8. The average molecular weight is 911 g/mol. The molecule has 0 atom stereocenters. The first-order valence-electron chi connectivity index (χ1n) is 23.5. The lowest BCUT2D eigenvalue weighted by Gasteiger charge is -2.11. The summed E-state index contributed by atoms with van der Waals surface area (Å²) in [5, 5.41) is 4.82. The second-order valence-corrected chi connectivity index (χ2v) is 17.7. The van der Waals surface area contributed by atoms with Crippen LogP contribution in [0.15, 0.2) is 239 Å². The van der Waals surface area contributed by atoms with Gasteiger partial charge in [-0.25, -0.2) is 24.9 Å². The number of hydrogen-bond donors (Lipinski definition) is 0. The molecule has 0 spiro atoms. The van der Waals surface area contributed by atoms with Gasteiger partial charge < -0.3 is 13.4 Å². The van der Waals surface area contributed by atoms with Gasteiger partial charge >= 0.3 is 0 Å². The van der Waals surface area contributed by atoms with Gasteiger partial charge in [-0.1, -0.05) is 146 Å². The van der Waals surface area contributed by atoms with Gasteiger partial charge in [-0.3, -0.25) is 0 Å². The Bertz CT molecular complexity index is 4110. The van der Waals surface area contributed by atoms with Crippen molar-refractivity contribution in [2.24, 2.45) is 0 Å². The Morgan fingerprint density at radius 3 is 1.24 bits per heavy atom. The summed E-state index contributed by atoms with van der Waals surface area (Å²) in [7, 11) is 0. The molecular weight excluding hydrogens is 873 g/mol. The molecule has 0 radical (unpaired) electrons. The van der Waals surface area contributed by atoms with E-state index in [0.29, 0.717) is 29.3 Å². The lowest BCUT2D eigenvalue weighted by Crippen LogP contribution is -2.00. The van der Waals surface area contributed by atoms with Gasteiger partial charge in [0.05, 0.1) is 11.0 Å². The highest BCUT2D eigenvalue weighted by atomic mass is 16.4. The number of rotatable bonds is 8. The molecule has 8 heteroatoms. The van der Waals surface area contributed by atoms with Crippen LogP contribution in [0.1, 0.15) is 0 Å². The predicted molar refractivity (Wildman–Crippen MR) is 285 cm³/mol. The molecule has 14 rings (SSSR count). The maximum atomic E-state index is 6.08. The maximum absolute atomic E-state index is 6.08. The standard InChI is InChI=1S/C63H38N6O2/c1-2-10-39(11-3-1)40-30-33-50(34-31-40)69-55-35-32-49(37-51(55)52-36-47-12-4-5-13-48(47)38-56(52)69)41-18-20-42(21-19-41)59-66-60(43-22-26-45(27-23-43)62-64-53-14-6-8-16-57(53)70-62)68-61(67-59)44-24-28-46(29-25-44)63-65-54-15-7-9-17-58(54)71-63/h1-38H. The van der Waals surface area contributed by atoms with Crippen LogP contribution in [-0.2, 0) is 0 Å². The lowest BCUT2D eigenvalue weighted by molar-refractivity contribution is 0.619. The molecule has 0 unspecified atom stereocenters. The van der Waals surface area contributed by atoms with Gasteiger partial charge in [-0.2, -0.15) is 0 Å². The van der Waals surface area contributed by atoms with Gasteiger partial charge in [0.2, 0.25) is 11.8 Å². The van der Waals surface area contributed by atoms with Gasteiger partial charge in [-0.05, 0) is 118 Å². The van der Waals surface area contributed by atoms with E-state index in [1.807, 2.05) is 97.1 Å². The molecule has 0 amide bonds. The Morgan fingerprint density at radius 1 is 0.282 bits per heavy atom. The fourth-order valence-corrected chi connectivity index (χ4v) is 9.69. The minimum absolute atomic E-state index is 0.547. The van der Waals surface area contributed by atoms with Crippen molar-refractivity contribution in [2.75, 3.05) is 0 Å². The van der Waals surface area contributed by atoms with Crippen molar-refractivity contribution in [3.8, 4) is 85.0 Å². The first kappa shape index (κ1) is 40.3. The summed E-state index contributed by atoms with van der Waals surface area (Å²) >= 11 is 0. The number of para-hydroxylation sites is 4. The number of aromatic nitrogens is 6. The third kappa shape index (κ3) is 7.21. The van der Waals surface area contributed by atoms with Gasteiger partial charge in [0.15, 0.2) is 28.6 Å². The lowest BCUT2D eigenvalue weighted by atomic mass is 10.0. The molecule has 0 N–H and O–H groups in total. The minimum Gasteiger partial charge on any atom is -0.436 e. The van der Waals surface area contributed by atoms with Crippen molar-refractivity contribution in [3.05, 3.63) is 231 Å². The molecule has 0 aliphatic heterocycles. The number of benzene rings is 10.